The van der Waals surface area contributed by atoms with Crippen LogP contribution in [0, 0.1) is 0 Å². The largest absolute Gasteiger partial charge is 0.448 e. The molecule has 3 rings (SSSR count). The van der Waals surface area contributed by atoms with Crippen molar-refractivity contribution in [2.75, 3.05) is 66.4 Å². The van der Waals surface area contributed by atoms with Crippen molar-refractivity contribution in [3.63, 3.8) is 0 Å². The Labute approximate surface area is 210 Å². The maximum Gasteiger partial charge on any atom is 0.409 e. The van der Waals surface area contributed by atoms with Crippen molar-refractivity contribution >= 4 is 14.4 Å². The van der Waals surface area contributed by atoms with Gasteiger partial charge in [0, 0.05) is 19.5 Å². The van der Waals surface area contributed by atoms with Gasteiger partial charge in [0.05, 0.1) is 46.2 Å². The van der Waals surface area contributed by atoms with Crippen molar-refractivity contribution in [1.82, 2.24) is 4.90 Å². The summed E-state index contributed by atoms with van der Waals surface area (Å²) in [6, 6.07) is 16.6. The molecule has 7 nitrogen and oxygen atoms in total. The van der Waals surface area contributed by atoms with Gasteiger partial charge in [-0.2, -0.15) is 0 Å². The van der Waals surface area contributed by atoms with Gasteiger partial charge in [-0.25, -0.2) is 4.79 Å². The van der Waals surface area contributed by atoms with Gasteiger partial charge in [0.15, 0.2) is 8.32 Å². The summed E-state index contributed by atoms with van der Waals surface area (Å²) in [5.41, 5.74) is 4.85. The van der Waals surface area contributed by atoms with E-state index in [-0.39, 0.29) is 12.0 Å². The van der Waals surface area contributed by atoms with Gasteiger partial charge < -0.3 is 28.3 Å². The summed E-state index contributed by atoms with van der Waals surface area (Å²) in [4.78, 5) is 14.0. The molecule has 2 aromatic carbocycles. The molecule has 1 aliphatic rings. The fourth-order valence-corrected chi connectivity index (χ4v) is 4.64. The third-order valence-corrected chi connectivity index (χ3v) is 6.80. The SMILES string of the molecule is CN(CCOCCOCCOCCO[Si](C)(C)C)C(=O)OCC1c2ccccc2-c2ccccc21. The van der Waals surface area contributed by atoms with E-state index >= 15 is 0 Å². The van der Waals surface area contributed by atoms with E-state index in [1.54, 1.807) is 11.9 Å². The van der Waals surface area contributed by atoms with E-state index in [9.17, 15) is 4.79 Å². The van der Waals surface area contributed by atoms with E-state index < -0.39 is 8.32 Å². The average Bonchev–Trinajstić information content (AvgIpc) is 3.16. The quantitative estimate of drug-likeness (QED) is 0.259. The molecular weight excluding hydrogens is 462 g/mol. The van der Waals surface area contributed by atoms with Crippen molar-refractivity contribution in [2.24, 2.45) is 0 Å². The highest BCUT2D eigenvalue weighted by Gasteiger charge is 2.29. The minimum absolute atomic E-state index is 0.0602. The lowest BCUT2D eigenvalue weighted by Crippen LogP contribution is -2.32. The zero-order valence-electron chi connectivity index (χ0n) is 21.5. The number of carbonyl (C=O) groups excluding carboxylic acids is 1. The van der Waals surface area contributed by atoms with Crippen molar-refractivity contribution in [3.05, 3.63) is 59.7 Å². The van der Waals surface area contributed by atoms with E-state index in [1.807, 2.05) is 24.3 Å². The molecule has 0 heterocycles. The molecule has 0 saturated carbocycles. The number of amides is 1. The fourth-order valence-electron chi connectivity index (χ4n) is 3.95. The number of benzene rings is 2. The van der Waals surface area contributed by atoms with Crippen LogP contribution in [0.3, 0.4) is 0 Å². The third kappa shape index (κ3) is 8.73. The molecule has 0 saturated heterocycles. The second-order valence-corrected chi connectivity index (χ2v) is 14.0. The lowest BCUT2D eigenvalue weighted by molar-refractivity contribution is 0.00616. The van der Waals surface area contributed by atoms with Crippen molar-refractivity contribution < 1.29 is 28.2 Å². The molecular formula is C27H39NO6Si. The second kappa shape index (κ2) is 13.7. The molecule has 0 atom stereocenters. The van der Waals surface area contributed by atoms with Crippen LogP contribution in [0.2, 0.25) is 19.6 Å². The smallest absolute Gasteiger partial charge is 0.409 e. The number of hydrogen-bond donors (Lipinski definition) is 0. The predicted octanol–water partition coefficient (Wildman–Crippen LogP) is 4.77. The van der Waals surface area contributed by atoms with Crippen LogP contribution in [0.5, 0.6) is 0 Å². The van der Waals surface area contributed by atoms with E-state index in [4.69, 9.17) is 23.4 Å². The summed E-state index contributed by atoms with van der Waals surface area (Å²) in [6.07, 6.45) is -0.345. The first kappa shape index (κ1) is 27.4. The lowest BCUT2D eigenvalue weighted by atomic mass is 9.98. The second-order valence-electron chi connectivity index (χ2n) is 9.52. The molecule has 0 fully saturated rings. The minimum atomic E-state index is -1.46. The van der Waals surface area contributed by atoms with Crippen LogP contribution in [0.15, 0.2) is 48.5 Å². The molecule has 0 radical (unpaired) electrons. The topological polar surface area (TPSA) is 66.5 Å². The third-order valence-electron chi connectivity index (χ3n) is 5.73. The highest BCUT2D eigenvalue weighted by molar-refractivity contribution is 6.69. The van der Waals surface area contributed by atoms with Gasteiger partial charge in [-0.1, -0.05) is 48.5 Å². The molecule has 35 heavy (non-hydrogen) atoms. The summed E-state index contributed by atoms with van der Waals surface area (Å²) < 4.78 is 27.9. The standard InChI is InChI=1S/C27H39NO6Si/c1-28(13-14-30-15-16-31-17-18-32-19-20-34-35(2,3)4)27(29)33-21-26-24-11-7-5-9-22(24)23-10-6-8-12-25(23)26/h5-12,26H,13-21H2,1-4H3. The molecule has 0 aromatic heterocycles. The summed E-state index contributed by atoms with van der Waals surface area (Å²) in [5, 5.41) is 0. The van der Waals surface area contributed by atoms with Gasteiger partial charge in [-0.15, -0.1) is 0 Å². The van der Waals surface area contributed by atoms with E-state index in [2.05, 4.69) is 43.9 Å². The van der Waals surface area contributed by atoms with Crippen LogP contribution in [0.25, 0.3) is 11.1 Å². The highest BCUT2D eigenvalue weighted by Crippen LogP contribution is 2.44. The number of fused-ring (bicyclic) bond motifs is 3. The highest BCUT2D eigenvalue weighted by atomic mass is 28.4. The Balaban J connectivity index is 1.24. The molecule has 8 heteroatoms. The number of rotatable bonds is 15. The summed E-state index contributed by atoms with van der Waals surface area (Å²) in [5.74, 6) is 0.0602. The normalized spacial score (nSPS) is 12.9. The minimum Gasteiger partial charge on any atom is -0.448 e. The van der Waals surface area contributed by atoms with Crippen LogP contribution in [0.1, 0.15) is 17.0 Å². The van der Waals surface area contributed by atoms with Crippen molar-refractivity contribution in [1.29, 1.82) is 0 Å². The van der Waals surface area contributed by atoms with Gasteiger partial charge in [0.25, 0.3) is 0 Å². The Morgan fingerprint density at radius 3 is 1.80 bits per heavy atom. The summed E-state index contributed by atoms with van der Waals surface area (Å²) in [6.45, 7) is 10.9. The van der Waals surface area contributed by atoms with Gasteiger partial charge in [0.1, 0.15) is 6.61 Å². The molecule has 1 amide bonds. The summed E-state index contributed by atoms with van der Waals surface area (Å²) >= 11 is 0. The van der Waals surface area contributed by atoms with Crippen LogP contribution >= 0.6 is 0 Å². The zero-order chi connectivity index (χ0) is 25.1. The summed E-state index contributed by atoms with van der Waals surface area (Å²) in [7, 11) is 0.261. The molecule has 0 unspecified atom stereocenters. The fraction of sp³-hybridized carbons (Fsp3) is 0.519. The monoisotopic (exact) mass is 501 g/mol. The van der Waals surface area contributed by atoms with Crippen LogP contribution in [-0.4, -0.2) is 85.8 Å². The van der Waals surface area contributed by atoms with Crippen LogP contribution in [-0.2, 0) is 23.4 Å². The number of likely N-dealkylation sites (N-methyl/N-ethyl adjacent to an activating group) is 1. The van der Waals surface area contributed by atoms with E-state index in [0.29, 0.717) is 59.4 Å². The number of hydrogen-bond acceptors (Lipinski definition) is 6. The van der Waals surface area contributed by atoms with Crippen molar-refractivity contribution in [3.8, 4) is 11.1 Å². The van der Waals surface area contributed by atoms with Gasteiger partial charge in [-0.3, -0.25) is 0 Å². The predicted molar refractivity (Wildman–Crippen MR) is 139 cm³/mol. The van der Waals surface area contributed by atoms with Gasteiger partial charge in [-0.05, 0) is 41.9 Å². The maximum atomic E-state index is 12.5. The van der Waals surface area contributed by atoms with E-state index in [0.717, 1.165) is 0 Å². The zero-order valence-corrected chi connectivity index (χ0v) is 22.5. The molecule has 0 bridgehead atoms. The Kier molecular flexibility index (Phi) is 10.7. The average molecular weight is 502 g/mol. The number of ether oxygens (including phenoxy) is 4. The molecule has 2 aromatic rings. The first-order chi connectivity index (χ1) is 16.9. The Morgan fingerprint density at radius 1 is 0.771 bits per heavy atom. The Hall–Kier alpha value is -2.23. The number of carbonyl (C=O) groups is 1. The van der Waals surface area contributed by atoms with Crippen LogP contribution in [0.4, 0.5) is 4.79 Å². The van der Waals surface area contributed by atoms with Gasteiger partial charge >= 0.3 is 6.09 Å². The van der Waals surface area contributed by atoms with Gasteiger partial charge in [0.2, 0.25) is 0 Å². The lowest BCUT2D eigenvalue weighted by Gasteiger charge is -2.19. The molecule has 0 spiro atoms. The molecule has 0 aliphatic heterocycles. The number of nitrogens with zero attached hydrogens (tertiary/aromatic N) is 1. The Morgan fingerprint density at radius 2 is 1.26 bits per heavy atom. The molecule has 0 N–H and O–H groups in total. The molecule has 192 valence electrons. The first-order valence-corrected chi connectivity index (χ1v) is 15.7. The molecule has 1 aliphatic carbocycles. The van der Waals surface area contributed by atoms with E-state index in [1.165, 1.54) is 22.3 Å². The maximum absolute atomic E-state index is 12.5. The van der Waals surface area contributed by atoms with Crippen molar-refractivity contribution in [2.45, 2.75) is 25.6 Å². The Bertz CT molecular complexity index is 886. The van der Waals surface area contributed by atoms with Crippen LogP contribution < -0.4 is 0 Å². The first-order valence-electron chi connectivity index (χ1n) is 12.3.